The first-order chi connectivity index (χ1) is 15.1. The summed E-state index contributed by atoms with van der Waals surface area (Å²) in [4.78, 5) is 32.9. The van der Waals surface area contributed by atoms with Gasteiger partial charge in [-0.1, -0.05) is 52.4 Å². The molecular weight excluding hydrogens is 422 g/mol. The minimum atomic E-state index is -2.74. The van der Waals surface area contributed by atoms with E-state index in [1.165, 1.54) is 44.9 Å². The van der Waals surface area contributed by atoms with E-state index < -0.39 is 36.4 Å². The van der Waals surface area contributed by atoms with Crippen molar-refractivity contribution in [2.75, 3.05) is 32.9 Å². The number of aliphatic carboxylic acids is 3. The summed E-state index contributed by atoms with van der Waals surface area (Å²) < 4.78 is 5.59. The van der Waals surface area contributed by atoms with Gasteiger partial charge in [-0.25, -0.2) is 4.79 Å². The van der Waals surface area contributed by atoms with E-state index >= 15 is 0 Å². The fourth-order valence-electron chi connectivity index (χ4n) is 3.98. The summed E-state index contributed by atoms with van der Waals surface area (Å²) in [7, 11) is 0. The number of carboxylic acid groups (broad SMARTS) is 3. The Morgan fingerprint density at radius 3 is 2.03 bits per heavy atom. The third-order valence-corrected chi connectivity index (χ3v) is 5.57. The number of β-amino-alcohol motifs (C(OH)–C–C–N with tert-alkyl or cyclic N) is 1. The van der Waals surface area contributed by atoms with Crippen LogP contribution in [-0.4, -0.2) is 92.9 Å². The van der Waals surface area contributed by atoms with Crippen molar-refractivity contribution >= 4 is 17.9 Å². The van der Waals surface area contributed by atoms with Crippen LogP contribution in [0.15, 0.2) is 0 Å². The van der Waals surface area contributed by atoms with E-state index in [2.05, 4.69) is 18.7 Å². The van der Waals surface area contributed by atoms with Gasteiger partial charge in [-0.2, -0.15) is 0 Å². The number of nitrogens with zero attached hydrogens (tertiary/aromatic N) is 1. The van der Waals surface area contributed by atoms with Crippen molar-refractivity contribution in [3.8, 4) is 0 Å². The van der Waals surface area contributed by atoms with Gasteiger partial charge in [0.05, 0.1) is 32.7 Å². The number of hydrogen-bond acceptors (Lipinski definition) is 7. The van der Waals surface area contributed by atoms with Crippen LogP contribution in [0, 0.1) is 5.92 Å². The molecule has 0 aliphatic carbocycles. The van der Waals surface area contributed by atoms with Gasteiger partial charge in [0.2, 0.25) is 0 Å². The van der Waals surface area contributed by atoms with E-state index in [-0.39, 0.29) is 6.61 Å². The molecule has 0 aromatic carbocycles. The van der Waals surface area contributed by atoms with Gasteiger partial charge in [0, 0.05) is 19.1 Å². The molecule has 0 aromatic heterocycles. The Hall–Kier alpha value is -1.75. The van der Waals surface area contributed by atoms with Crippen molar-refractivity contribution in [3.05, 3.63) is 0 Å². The summed E-state index contributed by atoms with van der Waals surface area (Å²) in [5.41, 5.74) is -2.74. The number of rotatable bonds is 15. The minimum Gasteiger partial charge on any atom is -0.481 e. The largest absolute Gasteiger partial charge is 0.481 e. The lowest BCUT2D eigenvalue weighted by atomic mass is 9.91. The van der Waals surface area contributed by atoms with Crippen LogP contribution in [0.3, 0.4) is 0 Å². The monoisotopic (exact) mass is 463 g/mol. The molecule has 0 amide bonds. The average Bonchev–Trinajstić information content (AvgIpc) is 2.69. The standard InChI is InChI=1S/C16H33NO2.C6H8O7/c1-3-6-15(7-4-2)8-5-9-16-14-19-13-11-17(16)10-12-18;7-3(8)1-6(13,5(11)12)2-4(9)10/h15-16,18H,3-14H2,1-2H3;13H,1-2H2,(H,7,8)(H,9,10)(H,11,12). The van der Waals surface area contributed by atoms with Gasteiger partial charge < -0.3 is 30.3 Å². The highest BCUT2D eigenvalue weighted by Gasteiger charge is 2.40. The van der Waals surface area contributed by atoms with Gasteiger partial charge in [-0.3, -0.25) is 14.5 Å². The zero-order valence-corrected chi connectivity index (χ0v) is 19.4. The molecule has 1 aliphatic rings. The van der Waals surface area contributed by atoms with Crippen LogP contribution in [0.4, 0.5) is 0 Å². The average molecular weight is 464 g/mol. The zero-order valence-electron chi connectivity index (χ0n) is 19.4. The molecular formula is C22H41NO9. The summed E-state index contributed by atoms with van der Waals surface area (Å²) in [5, 5.41) is 42.9. The predicted octanol–water partition coefficient (Wildman–Crippen LogP) is 1.82. The fourth-order valence-corrected chi connectivity index (χ4v) is 3.98. The van der Waals surface area contributed by atoms with Crippen molar-refractivity contribution in [1.29, 1.82) is 0 Å². The highest BCUT2D eigenvalue weighted by Crippen LogP contribution is 2.22. The van der Waals surface area contributed by atoms with Crippen molar-refractivity contribution in [1.82, 2.24) is 4.90 Å². The molecule has 1 rings (SSSR count). The van der Waals surface area contributed by atoms with E-state index in [1.807, 2.05) is 0 Å². The molecule has 10 nitrogen and oxygen atoms in total. The molecule has 1 atom stereocenters. The first-order valence-corrected chi connectivity index (χ1v) is 11.4. The summed E-state index contributed by atoms with van der Waals surface area (Å²) in [5.74, 6) is -4.10. The highest BCUT2D eigenvalue weighted by atomic mass is 16.5. The van der Waals surface area contributed by atoms with Crippen LogP contribution in [0.25, 0.3) is 0 Å². The van der Waals surface area contributed by atoms with Gasteiger partial charge in [-0.05, 0) is 12.3 Å². The smallest absolute Gasteiger partial charge is 0.336 e. The first kappa shape index (κ1) is 30.2. The van der Waals surface area contributed by atoms with Crippen molar-refractivity contribution in [3.63, 3.8) is 0 Å². The SMILES string of the molecule is CCCC(CCC)CCCC1COCCN1CCO.O=C(O)CC(O)(CC(=O)O)C(=O)O. The molecule has 1 fully saturated rings. The maximum atomic E-state index is 10.3. The molecule has 1 aliphatic heterocycles. The molecule has 1 heterocycles. The third-order valence-electron chi connectivity index (χ3n) is 5.57. The molecule has 0 aromatic rings. The van der Waals surface area contributed by atoms with Crippen LogP contribution >= 0.6 is 0 Å². The topological polar surface area (TPSA) is 165 Å². The molecule has 5 N–H and O–H groups in total. The Morgan fingerprint density at radius 2 is 1.59 bits per heavy atom. The molecule has 0 radical (unpaired) electrons. The number of aliphatic hydroxyl groups excluding tert-OH is 1. The van der Waals surface area contributed by atoms with E-state index in [9.17, 15) is 14.4 Å². The van der Waals surface area contributed by atoms with E-state index in [4.69, 9.17) is 30.3 Å². The number of morpholine rings is 1. The molecule has 1 unspecified atom stereocenters. The molecule has 0 spiro atoms. The number of carboxylic acids is 3. The molecule has 0 bridgehead atoms. The number of aliphatic hydroxyl groups is 2. The Bertz CT molecular complexity index is 532. The normalized spacial score (nSPS) is 17.0. The fraction of sp³-hybridized carbons (Fsp3) is 0.864. The van der Waals surface area contributed by atoms with E-state index in [0.717, 1.165) is 32.2 Å². The van der Waals surface area contributed by atoms with E-state index in [0.29, 0.717) is 6.04 Å². The van der Waals surface area contributed by atoms with Crippen molar-refractivity contribution in [2.45, 2.75) is 83.3 Å². The predicted molar refractivity (Wildman–Crippen MR) is 118 cm³/mol. The lowest BCUT2D eigenvalue weighted by Gasteiger charge is -2.35. The zero-order chi connectivity index (χ0) is 24.6. The molecule has 188 valence electrons. The number of ether oxygens (including phenoxy) is 1. The van der Waals surface area contributed by atoms with Gasteiger partial charge in [0.15, 0.2) is 5.60 Å². The van der Waals surface area contributed by atoms with Crippen molar-refractivity contribution < 1.29 is 44.7 Å². The van der Waals surface area contributed by atoms with Crippen molar-refractivity contribution in [2.24, 2.45) is 5.92 Å². The minimum absolute atomic E-state index is 0.269. The van der Waals surface area contributed by atoms with Gasteiger partial charge >= 0.3 is 17.9 Å². The first-order valence-electron chi connectivity index (χ1n) is 11.4. The molecule has 10 heteroatoms. The Kier molecular flexibility index (Phi) is 15.9. The van der Waals surface area contributed by atoms with Crippen LogP contribution in [0.5, 0.6) is 0 Å². The second-order valence-corrected chi connectivity index (χ2v) is 8.34. The summed E-state index contributed by atoms with van der Waals surface area (Å²) in [6, 6.07) is 0.532. The number of carbonyl (C=O) groups is 3. The molecule has 0 saturated carbocycles. The maximum absolute atomic E-state index is 10.3. The quantitative estimate of drug-likeness (QED) is 0.242. The lowest BCUT2D eigenvalue weighted by molar-refractivity contribution is -0.170. The van der Waals surface area contributed by atoms with Crippen LogP contribution in [0.1, 0.15) is 71.6 Å². The summed E-state index contributed by atoms with van der Waals surface area (Å²) >= 11 is 0. The number of hydrogen-bond donors (Lipinski definition) is 5. The Morgan fingerprint density at radius 1 is 1.03 bits per heavy atom. The van der Waals surface area contributed by atoms with Gasteiger partial charge in [-0.15, -0.1) is 0 Å². The maximum Gasteiger partial charge on any atom is 0.336 e. The summed E-state index contributed by atoms with van der Waals surface area (Å²) in [6.07, 6.45) is 7.01. The highest BCUT2D eigenvalue weighted by molar-refractivity contribution is 5.88. The molecule has 32 heavy (non-hydrogen) atoms. The summed E-state index contributed by atoms with van der Waals surface area (Å²) in [6.45, 7) is 8.32. The van der Waals surface area contributed by atoms with Gasteiger partial charge in [0.25, 0.3) is 0 Å². The van der Waals surface area contributed by atoms with Crippen LogP contribution in [0.2, 0.25) is 0 Å². The van der Waals surface area contributed by atoms with Gasteiger partial charge in [0.1, 0.15) is 0 Å². The third kappa shape index (κ3) is 12.9. The Balaban J connectivity index is 0.000000649. The Labute approximate surface area is 190 Å². The second kappa shape index (κ2) is 16.8. The van der Waals surface area contributed by atoms with Crippen LogP contribution in [-0.2, 0) is 19.1 Å². The lowest BCUT2D eigenvalue weighted by Crippen LogP contribution is -2.46. The second-order valence-electron chi connectivity index (χ2n) is 8.34. The van der Waals surface area contributed by atoms with Crippen LogP contribution < -0.4 is 0 Å². The molecule has 1 saturated heterocycles. The van der Waals surface area contributed by atoms with E-state index in [1.54, 1.807) is 0 Å².